The van der Waals surface area contributed by atoms with E-state index >= 15 is 0 Å². The summed E-state index contributed by atoms with van der Waals surface area (Å²) in [4.78, 5) is 4.37. The first-order chi connectivity index (χ1) is 10.2. The zero-order valence-corrected chi connectivity index (χ0v) is 12.6. The maximum absolute atomic E-state index is 9.50. The molecule has 1 aromatic carbocycles. The number of nitrogens with zero attached hydrogens (tertiary/aromatic N) is 2. The van der Waals surface area contributed by atoms with Gasteiger partial charge in [-0.1, -0.05) is 25.1 Å². The van der Waals surface area contributed by atoms with Gasteiger partial charge in [0.25, 0.3) is 0 Å². The number of para-hydroxylation sites is 1. The number of aromatic nitrogens is 2. The Bertz CT molecular complexity index is 554. The summed E-state index contributed by atoms with van der Waals surface area (Å²) in [5, 5.41) is 22.3. The molecule has 0 aliphatic heterocycles. The van der Waals surface area contributed by atoms with Gasteiger partial charge in [-0.25, -0.2) is 4.98 Å². The molecule has 21 heavy (non-hydrogen) atoms. The molecule has 0 unspecified atom stereocenters. The van der Waals surface area contributed by atoms with Crippen molar-refractivity contribution in [3.63, 3.8) is 0 Å². The number of aliphatic hydroxyl groups is 2. The van der Waals surface area contributed by atoms with Crippen LogP contribution in [-0.4, -0.2) is 38.5 Å². The van der Waals surface area contributed by atoms with Crippen molar-refractivity contribution in [1.82, 2.24) is 14.9 Å². The van der Waals surface area contributed by atoms with Crippen molar-refractivity contribution in [1.29, 1.82) is 0 Å². The van der Waals surface area contributed by atoms with Crippen molar-refractivity contribution in [3.8, 4) is 5.69 Å². The van der Waals surface area contributed by atoms with Crippen LogP contribution in [0, 0.1) is 6.92 Å². The van der Waals surface area contributed by atoms with Crippen LogP contribution >= 0.6 is 0 Å². The van der Waals surface area contributed by atoms with Crippen molar-refractivity contribution >= 4 is 0 Å². The van der Waals surface area contributed by atoms with Crippen LogP contribution in [0.1, 0.15) is 24.9 Å². The van der Waals surface area contributed by atoms with E-state index in [1.165, 1.54) is 0 Å². The molecule has 1 aromatic heterocycles. The SMILES string of the molecule is CCC(CO)(CO)NCc1cnc(C)n1-c1ccccc1. The summed E-state index contributed by atoms with van der Waals surface area (Å²) >= 11 is 0. The van der Waals surface area contributed by atoms with E-state index in [4.69, 9.17) is 0 Å². The number of aryl methyl sites for hydroxylation is 1. The van der Waals surface area contributed by atoms with E-state index in [1.54, 1.807) is 0 Å². The standard InChI is InChI=1S/C16H23N3O2/c1-3-16(11-20,12-21)18-10-15-9-17-13(2)19(15)14-7-5-4-6-8-14/h4-9,18,20-21H,3,10-12H2,1-2H3. The lowest BCUT2D eigenvalue weighted by Gasteiger charge is -2.30. The van der Waals surface area contributed by atoms with Crippen molar-refractivity contribution in [2.75, 3.05) is 13.2 Å². The molecule has 0 amide bonds. The highest BCUT2D eigenvalue weighted by Crippen LogP contribution is 2.16. The molecule has 0 atom stereocenters. The predicted octanol–water partition coefficient (Wildman–Crippen LogP) is 1.40. The second-order valence-electron chi connectivity index (χ2n) is 5.27. The Morgan fingerprint density at radius 2 is 1.86 bits per heavy atom. The summed E-state index contributed by atoms with van der Waals surface area (Å²) < 4.78 is 2.07. The van der Waals surface area contributed by atoms with E-state index in [0.717, 1.165) is 17.2 Å². The Hall–Kier alpha value is -1.69. The molecule has 3 N–H and O–H groups in total. The fourth-order valence-electron chi connectivity index (χ4n) is 2.33. The number of hydrogen-bond donors (Lipinski definition) is 3. The zero-order valence-electron chi connectivity index (χ0n) is 12.6. The minimum absolute atomic E-state index is 0.0988. The number of imidazole rings is 1. The molecule has 0 bridgehead atoms. The third-order valence-corrected chi connectivity index (χ3v) is 3.95. The predicted molar refractivity (Wildman–Crippen MR) is 82.3 cm³/mol. The second kappa shape index (κ2) is 6.85. The molecule has 1 heterocycles. The van der Waals surface area contributed by atoms with E-state index in [2.05, 4.69) is 14.9 Å². The van der Waals surface area contributed by atoms with Gasteiger partial charge < -0.3 is 15.5 Å². The van der Waals surface area contributed by atoms with Gasteiger partial charge in [-0.15, -0.1) is 0 Å². The second-order valence-corrected chi connectivity index (χ2v) is 5.27. The van der Waals surface area contributed by atoms with Crippen LogP contribution in [0.3, 0.4) is 0 Å². The first kappa shape index (κ1) is 15.7. The minimum atomic E-state index is -0.653. The molecule has 2 aromatic rings. The Balaban J connectivity index is 2.23. The number of rotatable bonds is 7. The summed E-state index contributed by atoms with van der Waals surface area (Å²) in [6, 6.07) is 10.0. The van der Waals surface area contributed by atoms with Gasteiger partial charge in [-0.2, -0.15) is 0 Å². The van der Waals surface area contributed by atoms with Gasteiger partial charge in [-0.3, -0.25) is 4.57 Å². The Kier molecular flexibility index (Phi) is 5.12. The number of benzene rings is 1. The quantitative estimate of drug-likeness (QED) is 0.720. The van der Waals surface area contributed by atoms with Gasteiger partial charge in [0.15, 0.2) is 0 Å². The molecule has 0 aliphatic rings. The number of hydrogen-bond acceptors (Lipinski definition) is 4. The average molecular weight is 289 g/mol. The van der Waals surface area contributed by atoms with E-state index in [9.17, 15) is 10.2 Å². The fraction of sp³-hybridized carbons (Fsp3) is 0.438. The van der Waals surface area contributed by atoms with Crippen molar-refractivity contribution in [2.24, 2.45) is 0 Å². The van der Waals surface area contributed by atoms with Crippen LogP contribution in [0.5, 0.6) is 0 Å². The van der Waals surface area contributed by atoms with Crippen molar-refractivity contribution < 1.29 is 10.2 Å². The average Bonchev–Trinajstić information content (AvgIpc) is 2.91. The van der Waals surface area contributed by atoms with Crippen LogP contribution in [0.15, 0.2) is 36.5 Å². The highest BCUT2D eigenvalue weighted by Gasteiger charge is 2.26. The van der Waals surface area contributed by atoms with Crippen LogP contribution in [-0.2, 0) is 6.54 Å². The molecular weight excluding hydrogens is 266 g/mol. The van der Waals surface area contributed by atoms with Gasteiger partial charge in [0.05, 0.1) is 30.6 Å². The molecule has 0 fully saturated rings. The third-order valence-electron chi connectivity index (χ3n) is 3.95. The van der Waals surface area contributed by atoms with Gasteiger partial charge >= 0.3 is 0 Å². The van der Waals surface area contributed by atoms with E-state index in [0.29, 0.717) is 13.0 Å². The minimum Gasteiger partial charge on any atom is -0.394 e. The summed E-state index contributed by atoms with van der Waals surface area (Å²) in [6.45, 7) is 4.24. The highest BCUT2D eigenvalue weighted by atomic mass is 16.3. The monoisotopic (exact) mass is 289 g/mol. The van der Waals surface area contributed by atoms with Crippen molar-refractivity contribution in [3.05, 3.63) is 48.0 Å². The van der Waals surface area contributed by atoms with Gasteiger partial charge in [0.2, 0.25) is 0 Å². The van der Waals surface area contributed by atoms with E-state index in [-0.39, 0.29) is 13.2 Å². The topological polar surface area (TPSA) is 70.3 Å². The summed E-state index contributed by atoms with van der Waals surface area (Å²) in [5.41, 5.74) is 1.40. The Labute approximate surface area is 125 Å². The molecular formula is C16H23N3O2. The molecule has 2 rings (SSSR count). The molecule has 5 heteroatoms. The lowest BCUT2D eigenvalue weighted by molar-refractivity contribution is 0.0860. The largest absolute Gasteiger partial charge is 0.394 e. The fourth-order valence-corrected chi connectivity index (χ4v) is 2.33. The Morgan fingerprint density at radius 1 is 1.19 bits per heavy atom. The van der Waals surface area contributed by atoms with Gasteiger partial charge in [0.1, 0.15) is 5.82 Å². The molecule has 114 valence electrons. The molecule has 0 aliphatic carbocycles. The lowest BCUT2D eigenvalue weighted by atomic mass is 9.98. The van der Waals surface area contributed by atoms with Crippen molar-refractivity contribution in [2.45, 2.75) is 32.4 Å². The smallest absolute Gasteiger partial charge is 0.110 e. The first-order valence-electron chi connectivity index (χ1n) is 7.21. The summed E-state index contributed by atoms with van der Waals surface area (Å²) in [6.07, 6.45) is 2.48. The maximum Gasteiger partial charge on any atom is 0.110 e. The highest BCUT2D eigenvalue weighted by molar-refractivity contribution is 5.35. The van der Waals surface area contributed by atoms with Gasteiger partial charge in [0, 0.05) is 12.2 Å². The molecule has 5 nitrogen and oxygen atoms in total. The van der Waals surface area contributed by atoms with Crippen LogP contribution in [0.2, 0.25) is 0 Å². The number of aliphatic hydroxyl groups excluding tert-OH is 2. The third kappa shape index (κ3) is 3.32. The first-order valence-corrected chi connectivity index (χ1v) is 7.21. The van der Waals surface area contributed by atoms with Crippen LogP contribution in [0.4, 0.5) is 0 Å². The van der Waals surface area contributed by atoms with Crippen LogP contribution in [0.25, 0.3) is 5.69 Å². The molecule has 0 radical (unpaired) electrons. The lowest BCUT2D eigenvalue weighted by Crippen LogP contribution is -2.51. The van der Waals surface area contributed by atoms with Gasteiger partial charge in [-0.05, 0) is 25.5 Å². The van der Waals surface area contributed by atoms with E-state index < -0.39 is 5.54 Å². The zero-order chi connectivity index (χ0) is 15.3. The normalized spacial score (nSPS) is 11.8. The number of nitrogens with one attached hydrogen (secondary N) is 1. The molecule has 0 saturated carbocycles. The summed E-state index contributed by atoms with van der Waals surface area (Å²) in [7, 11) is 0. The molecule has 0 saturated heterocycles. The molecule has 0 spiro atoms. The Morgan fingerprint density at radius 3 is 2.43 bits per heavy atom. The van der Waals surface area contributed by atoms with Crippen LogP contribution < -0.4 is 5.32 Å². The summed E-state index contributed by atoms with van der Waals surface area (Å²) in [5.74, 6) is 0.910. The van der Waals surface area contributed by atoms with E-state index in [1.807, 2.05) is 50.4 Å². The maximum atomic E-state index is 9.50.